The van der Waals surface area contributed by atoms with Crippen molar-refractivity contribution in [1.29, 1.82) is 5.26 Å². The summed E-state index contributed by atoms with van der Waals surface area (Å²) in [5, 5.41) is 11.7. The standard InChI is InChI=1S/C15H10Br2N2O/c16-12-4-5-14(17)13(7-12)15(20)19-9-11-3-1-2-10(6-11)8-18/h1-7H,9H2,(H,19,20). The number of benzene rings is 2. The average molecular weight is 394 g/mol. The molecule has 0 saturated heterocycles. The van der Waals surface area contributed by atoms with E-state index in [1.807, 2.05) is 18.2 Å². The topological polar surface area (TPSA) is 52.9 Å². The van der Waals surface area contributed by atoms with Crippen LogP contribution in [0.25, 0.3) is 0 Å². The van der Waals surface area contributed by atoms with Crippen molar-refractivity contribution in [3.8, 4) is 6.07 Å². The first-order chi connectivity index (χ1) is 9.60. The molecular weight excluding hydrogens is 384 g/mol. The maximum atomic E-state index is 12.1. The van der Waals surface area contributed by atoms with Gasteiger partial charge >= 0.3 is 0 Å². The predicted molar refractivity (Wildman–Crippen MR) is 84.2 cm³/mol. The zero-order valence-electron chi connectivity index (χ0n) is 10.4. The van der Waals surface area contributed by atoms with E-state index in [4.69, 9.17) is 5.26 Å². The van der Waals surface area contributed by atoms with Gasteiger partial charge in [-0.15, -0.1) is 0 Å². The van der Waals surface area contributed by atoms with Crippen molar-refractivity contribution in [2.75, 3.05) is 0 Å². The van der Waals surface area contributed by atoms with Crippen LogP contribution in [0.4, 0.5) is 0 Å². The van der Waals surface area contributed by atoms with E-state index in [9.17, 15) is 4.79 Å². The SMILES string of the molecule is N#Cc1cccc(CNC(=O)c2cc(Br)ccc2Br)c1. The Labute approximate surface area is 133 Å². The first-order valence-corrected chi connectivity index (χ1v) is 7.41. The van der Waals surface area contributed by atoms with Crippen LogP contribution in [0, 0.1) is 11.3 Å². The largest absolute Gasteiger partial charge is 0.348 e. The third-order valence-electron chi connectivity index (χ3n) is 2.68. The van der Waals surface area contributed by atoms with E-state index in [2.05, 4.69) is 43.2 Å². The minimum atomic E-state index is -0.166. The Balaban J connectivity index is 2.09. The molecule has 2 rings (SSSR count). The molecule has 0 unspecified atom stereocenters. The molecule has 0 radical (unpaired) electrons. The predicted octanol–water partition coefficient (Wildman–Crippen LogP) is 4.01. The van der Waals surface area contributed by atoms with Crippen LogP contribution in [-0.4, -0.2) is 5.91 Å². The number of carbonyl (C=O) groups excluding carboxylic acids is 1. The van der Waals surface area contributed by atoms with Gasteiger partial charge in [-0.3, -0.25) is 4.79 Å². The lowest BCUT2D eigenvalue weighted by Crippen LogP contribution is -2.23. The highest BCUT2D eigenvalue weighted by Gasteiger charge is 2.10. The maximum Gasteiger partial charge on any atom is 0.252 e. The molecule has 2 aromatic rings. The molecule has 20 heavy (non-hydrogen) atoms. The molecule has 0 bridgehead atoms. The smallest absolute Gasteiger partial charge is 0.252 e. The van der Waals surface area contributed by atoms with Crippen molar-refractivity contribution in [2.24, 2.45) is 0 Å². The summed E-state index contributed by atoms with van der Waals surface area (Å²) in [6.45, 7) is 0.382. The number of carbonyl (C=O) groups is 1. The van der Waals surface area contributed by atoms with Gasteiger partial charge in [0.05, 0.1) is 17.2 Å². The van der Waals surface area contributed by atoms with E-state index in [0.29, 0.717) is 17.7 Å². The van der Waals surface area contributed by atoms with Crippen molar-refractivity contribution in [1.82, 2.24) is 5.32 Å². The lowest BCUT2D eigenvalue weighted by molar-refractivity contribution is 0.0950. The summed E-state index contributed by atoms with van der Waals surface area (Å²) in [6, 6.07) is 14.7. The minimum Gasteiger partial charge on any atom is -0.348 e. The van der Waals surface area contributed by atoms with Crippen molar-refractivity contribution in [2.45, 2.75) is 6.54 Å². The molecule has 2 aromatic carbocycles. The highest BCUT2D eigenvalue weighted by atomic mass is 79.9. The van der Waals surface area contributed by atoms with Crippen molar-refractivity contribution in [3.63, 3.8) is 0 Å². The monoisotopic (exact) mass is 392 g/mol. The molecule has 0 fully saturated rings. The fourth-order valence-corrected chi connectivity index (χ4v) is 2.49. The number of amides is 1. The summed E-state index contributed by atoms with van der Waals surface area (Å²) >= 11 is 6.70. The molecule has 3 nitrogen and oxygen atoms in total. The number of nitrogens with one attached hydrogen (secondary N) is 1. The Bertz CT molecular complexity index is 693. The second-order valence-electron chi connectivity index (χ2n) is 4.12. The van der Waals surface area contributed by atoms with Gasteiger partial charge in [-0.2, -0.15) is 5.26 Å². The fourth-order valence-electron chi connectivity index (χ4n) is 1.70. The van der Waals surface area contributed by atoms with Gasteiger partial charge in [-0.05, 0) is 51.8 Å². The van der Waals surface area contributed by atoms with Gasteiger partial charge < -0.3 is 5.32 Å². The second kappa shape index (κ2) is 6.69. The fraction of sp³-hybridized carbons (Fsp3) is 0.0667. The number of hydrogen-bond donors (Lipinski definition) is 1. The zero-order valence-corrected chi connectivity index (χ0v) is 13.5. The van der Waals surface area contributed by atoms with Crippen LogP contribution in [0.1, 0.15) is 21.5 Å². The molecule has 0 aliphatic heterocycles. The molecule has 0 saturated carbocycles. The average Bonchev–Trinajstić information content (AvgIpc) is 2.47. The minimum absolute atomic E-state index is 0.166. The molecule has 0 aliphatic rings. The van der Waals surface area contributed by atoms with Gasteiger partial charge in [0.15, 0.2) is 0 Å². The van der Waals surface area contributed by atoms with E-state index >= 15 is 0 Å². The summed E-state index contributed by atoms with van der Waals surface area (Å²) < 4.78 is 1.58. The second-order valence-corrected chi connectivity index (χ2v) is 5.89. The Hall–Kier alpha value is -1.64. The number of hydrogen-bond acceptors (Lipinski definition) is 2. The Morgan fingerprint density at radius 2 is 2.00 bits per heavy atom. The molecule has 0 aromatic heterocycles. The summed E-state index contributed by atoms with van der Waals surface area (Å²) in [4.78, 5) is 12.1. The highest BCUT2D eigenvalue weighted by Crippen LogP contribution is 2.21. The van der Waals surface area contributed by atoms with Gasteiger partial charge in [-0.1, -0.05) is 28.1 Å². The first kappa shape index (κ1) is 14.8. The van der Waals surface area contributed by atoms with Crippen LogP contribution in [0.15, 0.2) is 51.4 Å². The van der Waals surface area contributed by atoms with E-state index in [-0.39, 0.29) is 5.91 Å². The van der Waals surface area contributed by atoms with Crippen molar-refractivity contribution >= 4 is 37.8 Å². The first-order valence-electron chi connectivity index (χ1n) is 5.82. The van der Waals surface area contributed by atoms with Crippen LogP contribution in [0.3, 0.4) is 0 Å². The molecule has 0 atom stereocenters. The van der Waals surface area contributed by atoms with Gasteiger partial charge in [0.1, 0.15) is 0 Å². The Morgan fingerprint density at radius 1 is 1.20 bits per heavy atom. The third kappa shape index (κ3) is 3.69. The van der Waals surface area contributed by atoms with E-state index in [1.165, 1.54) is 0 Å². The summed E-state index contributed by atoms with van der Waals surface area (Å²) in [5.74, 6) is -0.166. The van der Waals surface area contributed by atoms with E-state index in [0.717, 1.165) is 14.5 Å². The van der Waals surface area contributed by atoms with Crippen LogP contribution < -0.4 is 5.32 Å². The lowest BCUT2D eigenvalue weighted by atomic mass is 10.1. The van der Waals surface area contributed by atoms with Crippen LogP contribution in [0.2, 0.25) is 0 Å². The number of nitriles is 1. The number of nitrogens with zero attached hydrogens (tertiary/aromatic N) is 1. The normalized spacial score (nSPS) is 9.85. The lowest BCUT2D eigenvalue weighted by Gasteiger charge is -2.07. The van der Waals surface area contributed by atoms with Gasteiger partial charge in [0.25, 0.3) is 5.91 Å². The maximum absolute atomic E-state index is 12.1. The Kier molecular flexibility index (Phi) is 4.94. The van der Waals surface area contributed by atoms with E-state index < -0.39 is 0 Å². The van der Waals surface area contributed by atoms with Crippen LogP contribution in [-0.2, 0) is 6.54 Å². The van der Waals surface area contributed by atoms with Crippen LogP contribution in [0.5, 0.6) is 0 Å². The van der Waals surface area contributed by atoms with Gasteiger partial charge in [0.2, 0.25) is 0 Å². The summed E-state index contributed by atoms with van der Waals surface area (Å²) in [5.41, 5.74) is 2.04. The van der Waals surface area contributed by atoms with Crippen molar-refractivity contribution < 1.29 is 4.79 Å². The van der Waals surface area contributed by atoms with E-state index in [1.54, 1.807) is 24.3 Å². The molecule has 0 heterocycles. The molecular formula is C15H10Br2N2O. The summed E-state index contributed by atoms with van der Waals surface area (Å²) in [6.07, 6.45) is 0. The Morgan fingerprint density at radius 3 is 2.75 bits per heavy atom. The number of rotatable bonds is 3. The molecule has 0 aliphatic carbocycles. The molecule has 0 spiro atoms. The quantitative estimate of drug-likeness (QED) is 0.856. The number of halogens is 2. The van der Waals surface area contributed by atoms with Crippen LogP contribution >= 0.6 is 31.9 Å². The van der Waals surface area contributed by atoms with Gasteiger partial charge in [0, 0.05) is 15.5 Å². The molecule has 5 heteroatoms. The third-order valence-corrected chi connectivity index (χ3v) is 3.87. The van der Waals surface area contributed by atoms with Gasteiger partial charge in [-0.25, -0.2) is 0 Å². The molecule has 1 amide bonds. The molecule has 1 N–H and O–H groups in total. The summed E-state index contributed by atoms with van der Waals surface area (Å²) in [7, 11) is 0. The van der Waals surface area contributed by atoms with Crippen molar-refractivity contribution in [3.05, 3.63) is 68.1 Å². The highest BCUT2D eigenvalue weighted by molar-refractivity contribution is 9.11. The molecule has 100 valence electrons. The zero-order chi connectivity index (χ0) is 14.5.